The molecule has 1 rings (SSSR count). The Kier molecular flexibility index (Phi) is 4.42. The van der Waals surface area contributed by atoms with Crippen LogP contribution < -0.4 is 5.73 Å². The van der Waals surface area contributed by atoms with Crippen molar-refractivity contribution in [2.24, 2.45) is 10.7 Å². The third kappa shape index (κ3) is 3.10. The van der Waals surface area contributed by atoms with Crippen LogP contribution in [-0.2, 0) is 0 Å². The van der Waals surface area contributed by atoms with E-state index in [-0.39, 0.29) is 0 Å². The first kappa shape index (κ1) is 10.7. The van der Waals surface area contributed by atoms with Gasteiger partial charge in [-0.15, -0.1) is 0 Å². The number of rotatable bonds is 2. The topological polar surface area (TPSA) is 41.6 Å². The number of nitrogens with zero attached hydrogens (tertiary/aromatic N) is 2. The Labute approximate surface area is 84.8 Å². The van der Waals surface area contributed by atoms with Crippen LogP contribution in [0.15, 0.2) is 4.99 Å². The number of guanidine groups is 1. The summed E-state index contributed by atoms with van der Waals surface area (Å²) in [6.07, 6.45) is 1.22. The lowest BCUT2D eigenvalue weighted by Gasteiger charge is -2.32. The van der Waals surface area contributed by atoms with Gasteiger partial charge in [0.25, 0.3) is 0 Å². The van der Waals surface area contributed by atoms with E-state index < -0.39 is 0 Å². The minimum absolute atomic E-state index is 0.723. The third-order valence-electron chi connectivity index (χ3n) is 2.24. The van der Waals surface area contributed by atoms with Crippen LogP contribution in [0.3, 0.4) is 0 Å². The van der Waals surface area contributed by atoms with Gasteiger partial charge >= 0.3 is 0 Å². The molecule has 0 spiro atoms. The lowest BCUT2D eigenvalue weighted by atomic mass is 10.3. The van der Waals surface area contributed by atoms with Crippen molar-refractivity contribution in [3.63, 3.8) is 0 Å². The highest BCUT2D eigenvalue weighted by atomic mass is 32.2. The van der Waals surface area contributed by atoms with E-state index in [1.807, 2.05) is 6.92 Å². The first-order valence-electron chi connectivity index (χ1n) is 4.94. The molecule has 76 valence electrons. The Morgan fingerprint density at radius 1 is 1.62 bits per heavy atom. The molecule has 1 heterocycles. The van der Waals surface area contributed by atoms with Gasteiger partial charge in [-0.25, -0.2) is 0 Å². The molecule has 1 saturated heterocycles. The van der Waals surface area contributed by atoms with Crippen molar-refractivity contribution >= 4 is 17.7 Å². The fourth-order valence-corrected chi connectivity index (χ4v) is 2.62. The van der Waals surface area contributed by atoms with Crippen LogP contribution in [0.1, 0.15) is 20.3 Å². The van der Waals surface area contributed by atoms with E-state index in [9.17, 15) is 0 Å². The zero-order chi connectivity index (χ0) is 9.68. The second kappa shape index (κ2) is 5.37. The molecule has 4 heteroatoms. The van der Waals surface area contributed by atoms with E-state index in [1.54, 1.807) is 0 Å². The second-order valence-electron chi connectivity index (χ2n) is 3.18. The second-order valence-corrected chi connectivity index (χ2v) is 4.59. The van der Waals surface area contributed by atoms with Crippen molar-refractivity contribution in [3.05, 3.63) is 0 Å². The number of aliphatic imine (C=N–C) groups is 1. The summed E-state index contributed by atoms with van der Waals surface area (Å²) >= 11 is 2.05. The lowest BCUT2D eigenvalue weighted by Crippen LogP contribution is -2.45. The zero-order valence-electron chi connectivity index (χ0n) is 8.49. The smallest absolute Gasteiger partial charge is 0.191 e. The predicted octanol–water partition coefficient (Wildman–Crippen LogP) is 1.15. The largest absolute Gasteiger partial charge is 0.370 e. The van der Waals surface area contributed by atoms with Crippen molar-refractivity contribution in [3.8, 4) is 0 Å². The quantitative estimate of drug-likeness (QED) is 0.538. The Hall–Kier alpha value is -0.380. The summed E-state index contributed by atoms with van der Waals surface area (Å²) in [5.41, 5.74) is 5.84. The SMILES string of the molecule is CCN=C(N)N1CCS[C@H](CC)C1. The average Bonchev–Trinajstić information content (AvgIpc) is 2.18. The van der Waals surface area contributed by atoms with Gasteiger partial charge in [-0.1, -0.05) is 6.92 Å². The Balaban J connectivity index is 2.46. The van der Waals surface area contributed by atoms with Crippen LogP contribution in [0.2, 0.25) is 0 Å². The molecule has 0 aromatic carbocycles. The molecule has 1 atom stereocenters. The van der Waals surface area contributed by atoms with Crippen LogP contribution in [0, 0.1) is 0 Å². The zero-order valence-corrected chi connectivity index (χ0v) is 9.31. The highest BCUT2D eigenvalue weighted by Crippen LogP contribution is 2.20. The predicted molar refractivity (Wildman–Crippen MR) is 60.3 cm³/mol. The van der Waals surface area contributed by atoms with Gasteiger partial charge in [-0.05, 0) is 13.3 Å². The number of thioether (sulfide) groups is 1. The summed E-state index contributed by atoms with van der Waals surface area (Å²) < 4.78 is 0. The van der Waals surface area contributed by atoms with Crippen LogP contribution in [0.4, 0.5) is 0 Å². The van der Waals surface area contributed by atoms with Gasteiger partial charge in [-0.3, -0.25) is 4.99 Å². The monoisotopic (exact) mass is 201 g/mol. The molecule has 0 bridgehead atoms. The fourth-order valence-electron chi connectivity index (χ4n) is 1.44. The fraction of sp³-hybridized carbons (Fsp3) is 0.889. The maximum atomic E-state index is 5.84. The molecule has 2 N–H and O–H groups in total. The Morgan fingerprint density at radius 2 is 2.38 bits per heavy atom. The van der Waals surface area contributed by atoms with Crippen molar-refractivity contribution in [1.82, 2.24) is 4.90 Å². The van der Waals surface area contributed by atoms with Gasteiger partial charge in [0.1, 0.15) is 0 Å². The summed E-state index contributed by atoms with van der Waals surface area (Å²) in [5.74, 6) is 1.90. The number of hydrogen-bond acceptors (Lipinski definition) is 2. The molecule has 1 aliphatic rings. The van der Waals surface area contributed by atoms with Gasteiger partial charge in [0.2, 0.25) is 0 Å². The molecule has 0 amide bonds. The van der Waals surface area contributed by atoms with E-state index in [2.05, 4.69) is 28.6 Å². The molecule has 0 radical (unpaired) electrons. The average molecular weight is 201 g/mol. The molecular formula is C9H19N3S. The van der Waals surface area contributed by atoms with E-state index >= 15 is 0 Å². The molecule has 0 unspecified atom stereocenters. The lowest BCUT2D eigenvalue weighted by molar-refractivity contribution is 0.418. The minimum atomic E-state index is 0.723. The Bertz CT molecular complexity index is 182. The molecule has 1 fully saturated rings. The maximum Gasteiger partial charge on any atom is 0.191 e. The third-order valence-corrected chi connectivity index (χ3v) is 3.61. The normalized spacial score (nSPS) is 24.9. The molecule has 0 aromatic heterocycles. The summed E-state index contributed by atoms with van der Waals surface area (Å²) in [4.78, 5) is 6.43. The first-order valence-corrected chi connectivity index (χ1v) is 5.99. The van der Waals surface area contributed by atoms with Gasteiger partial charge in [-0.2, -0.15) is 11.8 Å². The highest BCUT2D eigenvalue weighted by Gasteiger charge is 2.19. The van der Waals surface area contributed by atoms with Crippen LogP contribution >= 0.6 is 11.8 Å². The van der Waals surface area contributed by atoms with Gasteiger partial charge in [0.05, 0.1) is 0 Å². The molecule has 0 aliphatic carbocycles. The first-order chi connectivity index (χ1) is 6.27. The van der Waals surface area contributed by atoms with Crippen molar-refractivity contribution < 1.29 is 0 Å². The van der Waals surface area contributed by atoms with Crippen molar-refractivity contribution in [2.45, 2.75) is 25.5 Å². The van der Waals surface area contributed by atoms with Crippen molar-refractivity contribution in [1.29, 1.82) is 0 Å². The minimum Gasteiger partial charge on any atom is -0.370 e. The highest BCUT2D eigenvalue weighted by molar-refractivity contribution is 8.00. The van der Waals surface area contributed by atoms with E-state index in [0.717, 1.165) is 30.8 Å². The molecule has 0 saturated carbocycles. The van der Waals surface area contributed by atoms with E-state index in [4.69, 9.17) is 5.73 Å². The molecule has 13 heavy (non-hydrogen) atoms. The Morgan fingerprint density at radius 3 is 3.00 bits per heavy atom. The van der Waals surface area contributed by atoms with Crippen LogP contribution in [0.25, 0.3) is 0 Å². The van der Waals surface area contributed by atoms with Crippen LogP contribution in [0.5, 0.6) is 0 Å². The molecule has 3 nitrogen and oxygen atoms in total. The number of nitrogens with two attached hydrogens (primary N) is 1. The summed E-state index contributed by atoms with van der Waals surface area (Å²) in [6.45, 7) is 7.15. The standard InChI is InChI=1S/C9H19N3S/c1-3-8-7-12(5-6-13-8)9(10)11-4-2/h8H,3-7H2,1-2H3,(H2,10,11)/t8-/m1/s1. The van der Waals surface area contributed by atoms with Gasteiger partial charge in [0.15, 0.2) is 5.96 Å². The van der Waals surface area contributed by atoms with Crippen molar-refractivity contribution in [2.75, 3.05) is 25.4 Å². The van der Waals surface area contributed by atoms with E-state index in [1.165, 1.54) is 12.2 Å². The van der Waals surface area contributed by atoms with Gasteiger partial charge < -0.3 is 10.6 Å². The number of hydrogen-bond donors (Lipinski definition) is 1. The maximum absolute atomic E-state index is 5.84. The summed E-state index contributed by atoms with van der Waals surface area (Å²) in [7, 11) is 0. The van der Waals surface area contributed by atoms with Crippen LogP contribution in [-0.4, -0.2) is 41.5 Å². The summed E-state index contributed by atoms with van der Waals surface area (Å²) in [5, 5.41) is 0.736. The summed E-state index contributed by atoms with van der Waals surface area (Å²) in [6, 6.07) is 0. The van der Waals surface area contributed by atoms with Gasteiger partial charge in [0, 0.05) is 30.6 Å². The molecule has 1 aliphatic heterocycles. The molecule has 0 aromatic rings. The molecular weight excluding hydrogens is 182 g/mol. The van der Waals surface area contributed by atoms with E-state index in [0.29, 0.717) is 0 Å².